The highest BCUT2D eigenvalue weighted by molar-refractivity contribution is 7.07. The zero-order chi connectivity index (χ0) is 28.4. The van der Waals surface area contributed by atoms with E-state index >= 15 is 0 Å². The summed E-state index contributed by atoms with van der Waals surface area (Å²) in [5.74, 6) is -0.341. The van der Waals surface area contributed by atoms with Crippen LogP contribution in [0.1, 0.15) is 48.5 Å². The normalized spacial score (nSPS) is 15.0. The lowest BCUT2D eigenvalue weighted by atomic mass is 9.95. The molecule has 5 rings (SSSR count). The molecule has 1 aliphatic heterocycles. The van der Waals surface area contributed by atoms with Gasteiger partial charge in [-0.3, -0.25) is 9.36 Å². The molecule has 0 radical (unpaired) electrons. The molecule has 0 amide bonds. The van der Waals surface area contributed by atoms with E-state index in [-0.39, 0.29) is 23.3 Å². The van der Waals surface area contributed by atoms with Crippen molar-refractivity contribution in [3.05, 3.63) is 109 Å². The third-order valence-corrected chi connectivity index (χ3v) is 7.34. The highest BCUT2D eigenvalue weighted by Crippen LogP contribution is 2.36. The molecule has 10 heteroatoms. The maximum Gasteiger partial charge on any atom is 0.338 e. The maximum absolute atomic E-state index is 13.9. The van der Waals surface area contributed by atoms with Gasteiger partial charge in [0.15, 0.2) is 4.80 Å². The van der Waals surface area contributed by atoms with Crippen molar-refractivity contribution in [2.75, 3.05) is 13.2 Å². The second-order valence-electron chi connectivity index (χ2n) is 8.83. The van der Waals surface area contributed by atoms with Gasteiger partial charge in [0.25, 0.3) is 5.56 Å². The number of aromatic carboxylic acids is 1. The molecule has 0 fully saturated rings. The van der Waals surface area contributed by atoms with Crippen LogP contribution in [0, 0.1) is 0 Å². The Morgan fingerprint density at radius 3 is 2.58 bits per heavy atom. The van der Waals surface area contributed by atoms with E-state index in [1.807, 2.05) is 25.1 Å². The Hall–Kier alpha value is -4.70. The summed E-state index contributed by atoms with van der Waals surface area (Å²) in [6.07, 6.45) is 1.59. The Morgan fingerprint density at radius 2 is 1.82 bits per heavy atom. The molecule has 1 aliphatic rings. The third-order valence-electron chi connectivity index (χ3n) is 6.35. The number of carboxylic acids is 1. The van der Waals surface area contributed by atoms with Crippen LogP contribution in [-0.2, 0) is 9.53 Å². The van der Waals surface area contributed by atoms with E-state index < -0.39 is 18.0 Å². The number of nitrogens with zero attached hydrogens (tertiary/aromatic N) is 2. The van der Waals surface area contributed by atoms with Crippen LogP contribution in [0.2, 0.25) is 0 Å². The van der Waals surface area contributed by atoms with E-state index in [9.17, 15) is 19.5 Å². The summed E-state index contributed by atoms with van der Waals surface area (Å²) in [7, 11) is 0. The number of hydrogen-bond donors (Lipinski definition) is 1. The lowest BCUT2D eigenvalue weighted by Gasteiger charge is -2.26. The van der Waals surface area contributed by atoms with Crippen molar-refractivity contribution in [2.24, 2.45) is 4.99 Å². The van der Waals surface area contributed by atoms with Gasteiger partial charge in [-0.25, -0.2) is 14.6 Å². The monoisotopic (exact) mass is 558 g/mol. The Kier molecular flexibility index (Phi) is 7.52. The Balaban J connectivity index is 1.66. The van der Waals surface area contributed by atoms with E-state index in [0.29, 0.717) is 50.0 Å². The predicted octanol–water partition coefficient (Wildman–Crippen LogP) is 4.16. The minimum atomic E-state index is -1.07. The molecule has 2 aromatic heterocycles. The van der Waals surface area contributed by atoms with Crippen molar-refractivity contribution in [3.8, 4) is 17.1 Å². The summed E-state index contributed by atoms with van der Waals surface area (Å²) in [6, 6.07) is 16.3. The first-order chi connectivity index (χ1) is 19.3. The van der Waals surface area contributed by atoms with Crippen LogP contribution in [0.25, 0.3) is 17.4 Å². The quantitative estimate of drug-likeness (QED) is 0.323. The number of allylic oxidation sites excluding steroid dienone is 1. The van der Waals surface area contributed by atoms with Crippen molar-refractivity contribution in [3.63, 3.8) is 0 Å². The molecule has 4 aromatic rings. The second kappa shape index (κ2) is 11.2. The number of carbonyl (C=O) groups excluding carboxylic acids is 1. The third kappa shape index (κ3) is 4.89. The number of thiazole rings is 1. The van der Waals surface area contributed by atoms with Crippen LogP contribution >= 0.6 is 11.3 Å². The van der Waals surface area contributed by atoms with Crippen molar-refractivity contribution in [2.45, 2.75) is 26.8 Å². The van der Waals surface area contributed by atoms with Crippen LogP contribution in [0.15, 0.2) is 86.1 Å². The molecule has 1 atom stereocenters. The Bertz CT molecular complexity index is 1830. The largest absolute Gasteiger partial charge is 0.494 e. The molecule has 40 heavy (non-hydrogen) atoms. The van der Waals surface area contributed by atoms with E-state index in [4.69, 9.17) is 13.9 Å². The number of rotatable bonds is 8. The fourth-order valence-electron chi connectivity index (χ4n) is 4.67. The molecule has 1 N–H and O–H groups in total. The lowest BCUT2D eigenvalue weighted by molar-refractivity contribution is -0.139. The average Bonchev–Trinajstić information content (AvgIpc) is 3.53. The van der Waals surface area contributed by atoms with E-state index in [1.165, 1.54) is 22.0 Å². The van der Waals surface area contributed by atoms with Gasteiger partial charge in [-0.15, -0.1) is 0 Å². The smallest absolute Gasteiger partial charge is 0.338 e. The van der Waals surface area contributed by atoms with Crippen molar-refractivity contribution in [1.82, 2.24) is 4.57 Å². The van der Waals surface area contributed by atoms with Crippen molar-refractivity contribution >= 4 is 29.4 Å². The zero-order valence-corrected chi connectivity index (χ0v) is 22.9. The molecular formula is C30H26N2O7S. The molecule has 0 aliphatic carbocycles. The van der Waals surface area contributed by atoms with E-state index in [1.54, 1.807) is 56.3 Å². The Labute approximate surface area is 232 Å². The topological polar surface area (TPSA) is 120 Å². The number of ether oxygens (including phenoxy) is 2. The molecule has 0 bridgehead atoms. The zero-order valence-electron chi connectivity index (χ0n) is 22.0. The first-order valence-corrected chi connectivity index (χ1v) is 13.5. The number of esters is 1. The molecular weight excluding hydrogens is 532 g/mol. The highest BCUT2D eigenvalue weighted by Gasteiger charge is 2.35. The predicted molar refractivity (Wildman–Crippen MR) is 149 cm³/mol. The molecule has 0 saturated carbocycles. The highest BCUT2D eigenvalue weighted by atomic mass is 32.1. The van der Waals surface area contributed by atoms with Crippen LogP contribution in [0.3, 0.4) is 0 Å². The molecule has 9 nitrogen and oxygen atoms in total. The summed E-state index contributed by atoms with van der Waals surface area (Å²) in [5, 5.41) is 9.54. The molecule has 2 aromatic carbocycles. The van der Waals surface area contributed by atoms with Gasteiger partial charge in [-0.1, -0.05) is 47.7 Å². The van der Waals surface area contributed by atoms with Crippen LogP contribution in [0.5, 0.6) is 5.75 Å². The van der Waals surface area contributed by atoms with Gasteiger partial charge in [0, 0.05) is 17.2 Å². The van der Waals surface area contributed by atoms with Crippen LogP contribution < -0.4 is 19.6 Å². The summed E-state index contributed by atoms with van der Waals surface area (Å²) < 4.78 is 19.0. The molecule has 0 saturated heterocycles. The second-order valence-corrected chi connectivity index (χ2v) is 9.83. The number of benzene rings is 2. The molecule has 3 heterocycles. The van der Waals surface area contributed by atoms with Gasteiger partial charge in [0.05, 0.1) is 34.6 Å². The standard InChI is InChI=1S/C30H26N2O7S/c1-4-37-22-13-9-8-12-21(22)26-25(29(36)38-5-2)17(3)31-30-32(26)27(33)24(40-30)16-18-14-15-23(39-18)19-10-6-7-11-20(19)28(34)35/h6-16,26H,4-5H2,1-3H3,(H,34,35)/b24-16-. The lowest BCUT2D eigenvalue weighted by Crippen LogP contribution is -2.40. The van der Waals surface area contributed by atoms with Gasteiger partial charge >= 0.3 is 11.9 Å². The molecule has 204 valence electrons. The summed E-state index contributed by atoms with van der Waals surface area (Å²) >= 11 is 1.17. The van der Waals surface area contributed by atoms with Gasteiger partial charge in [-0.2, -0.15) is 0 Å². The maximum atomic E-state index is 13.9. The first kappa shape index (κ1) is 26.9. The van der Waals surface area contributed by atoms with Crippen molar-refractivity contribution in [1.29, 1.82) is 0 Å². The summed E-state index contributed by atoms with van der Waals surface area (Å²) in [4.78, 5) is 43.7. The van der Waals surface area contributed by atoms with E-state index in [0.717, 1.165) is 0 Å². The summed E-state index contributed by atoms with van der Waals surface area (Å²) in [6.45, 7) is 5.88. The number of carbonyl (C=O) groups is 2. The number of hydrogen-bond acceptors (Lipinski definition) is 8. The van der Waals surface area contributed by atoms with Gasteiger partial charge in [0.1, 0.15) is 23.3 Å². The number of furan rings is 1. The van der Waals surface area contributed by atoms with Crippen LogP contribution in [-0.4, -0.2) is 34.8 Å². The fourth-order valence-corrected chi connectivity index (χ4v) is 5.69. The molecule has 1 unspecified atom stereocenters. The number of fused-ring (bicyclic) bond motifs is 1. The van der Waals surface area contributed by atoms with Crippen molar-refractivity contribution < 1.29 is 28.6 Å². The fraction of sp³-hybridized carbons (Fsp3) is 0.200. The summed E-state index contributed by atoms with van der Waals surface area (Å²) in [5.41, 5.74) is 1.53. The Morgan fingerprint density at radius 1 is 1.07 bits per heavy atom. The molecule has 0 spiro atoms. The minimum absolute atomic E-state index is 0.109. The number of para-hydroxylation sites is 1. The van der Waals surface area contributed by atoms with Gasteiger partial charge in [-0.05, 0) is 45.0 Å². The van der Waals surface area contributed by atoms with Gasteiger partial charge in [0.2, 0.25) is 0 Å². The van der Waals surface area contributed by atoms with Gasteiger partial charge < -0.3 is 19.0 Å². The van der Waals surface area contributed by atoms with E-state index in [2.05, 4.69) is 4.99 Å². The average molecular weight is 559 g/mol. The van der Waals surface area contributed by atoms with Crippen LogP contribution in [0.4, 0.5) is 0 Å². The minimum Gasteiger partial charge on any atom is -0.494 e. The number of aromatic nitrogens is 1. The first-order valence-electron chi connectivity index (χ1n) is 12.7. The number of carboxylic acid groups (broad SMARTS) is 1. The SMILES string of the molecule is CCOC(=O)C1=C(C)N=c2s/c(=C\c3ccc(-c4ccccc4C(=O)O)o3)c(=O)n2C1c1ccccc1OCC.